The molecule has 0 radical (unpaired) electrons. The fraction of sp³-hybridized carbons (Fsp3) is 0.200. The van der Waals surface area contributed by atoms with Gasteiger partial charge in [0.25, 0.3) is 5.91 Å². The Morgan fingerprint density at radius 2 is 1.71 bits per heavy atom. The predicted octanol–water partition coefficient (Wildman–Crippen LogP) is 3.86. The molecular formula is C25H23N3O5S. The van der Waals surface area contributed by atoms with E-state index < -0.39 is 12.1 Å². The van der Waals surface area contributed by atoms with Crippen LogP contribution in [0.4, 0.5) is 4.79 Å². The number of hydrogen-bond acceptors (Lipinski definition) is 6. The van der Waals surface area contributed by atoms with Gasteiger partial charge in [0, 0.05) is 18.5 Å². The number of rotatable bonds is 8. The molecule has 9 heteroatoms. The lowest BCUT2D eigenvalue weighted by atomic mass is 9.98. The number of fused-ring (bicyclic) bond motifs is 3. The fourth-order valence-electron chi connectivity index (χ4n) is 3.93. The lowest BCUT2D eigenvalue weighted by Gasteiger charge is -2.14. The van der Waals surface area contributed by atoms with E-state index in [-0.39, 0.29) is 31.5 Å². The van der Waals surface area contributed by atoms with Gasteiger partial charge in [-0.1, -0.05) is 54.6 Å². The monoisotopic (exact) mass is 477 g/mol. The topological polar surface area (TPSA) is 118 Å². The van der Waals surface area contributed by atoms with Crippen LogP contribution < -0.4 is 10.6 Å². The maximum absolute atomic E-state index is 12.4. The third-order valence-corrected chi connectivity index (χ3v) is 6.57. The van der Waals surface area contributed by atoms with Crippen molar-refractivity contribution < 1.29 is 24.2 Å². The summed E-state index contributed by atoms with van der Waals surface area (Å²) in [5.74, 6) is -1.45. The first kappa shape index (κ1) is 23.2. The summed E-state index contributed by atoms with van der Waals surface area (Å²) in [4.78, 5) is 39.9. The highest BCUT2D eigenvalue weighted by atomic mass is 32.1. The first-order valence-electron chi connectivity index (χ1n) is 10.7. The van der Waals surface area contributed by atoms with E-state index in [1.54, 1.807) is 6.92 Å². The molecule has 3 aromatic rings. The Morgan fingerprint density at radius 3 is 2.35 bits per heavy atom. The number of nitrogens with zero attached hydrogens (tertiary/aromatic N) is 1. The van der Waals surface area contributed by atoms with Crippen LogP contribution in [0.2, 0.25) is 0 Å². The number of carboxylic acid groups (broad SMARTS) is 1. The van der Waals surface area contributed by atoms with Crippen molar-refractivity contribution in [3.05, 3.63) is 87.4 Å². The molecule has 0 saturated carbocycles. The molecule has 8 nitrogen and oxygen atoms in total. The first-order chi connectivity index (χ1) is 16.4. The molecule has 2 aromatic carbocycles. The van der Waals surface area contributed by atoms with Crippen molar-refractivity contribution in [2.24, 2.45) is 0 Å². The molecule has 0 saturated heterocycles. The highest BCUT2D eigenvalue weighted by molar-refractivity contribution is 7.13. The molecule has 1 aliphatic carbocycles. The summed E-state index contributed by atoms with van der Waals surface area (Å²) in [6.07, 6.45) is 1.75. The van der Waals surface area contributed by atoms with E-state index in [1.165, 1.54) is 6.08 Å². The van der Waals surface area contributed by atoms with Crippen molar-refractivity contribution in [1.29, 1.82) is 0 Å². The van der Waals surface area contributed by atoms with E-state index in [9.17, 15) is 14.4 Å². The fourth-order valence-corrected chi connectivity index (χ4v) is 4.85. The van der Waals surface area contributed by atoms with Crippen LogP contribution in [0.1, 0.15) is 37.4 Å². The quantitative estimate of drug-likeness (QED) is 0.424. The van der Waals surface area contributed by atoms with Crippen molar-refractivity contribution in [2.45, 2.75) is 19.4 Å². The van der Waals surface area contributed by atoms with Crippen LogP contribution in [-0.2, 0) is 16.1 Å². The van der Waals surface area contributed by atoms with Crippen LogP contribution in [0, 0.1) is 6.92 Å². The predicted molar refractivity (Wildman–Crippen MR) is 128 cm³/mol. The SMILES string of the molecule is Cc1nc(CNC(=O)OCC2c3ccccc3-c3ccccc32)sc1C(=O)NC/C=C/C(=O)O. The van der Waals surface area contributed by atoms with Crippen molar-refractivity contribution in [3.63, 3.8) is 0 Å². The number of benzene rings is 2. The second kappa shape index (κ2) is 10.3. The molecule has 0 fully saturated rings. The van der Waals surface area contributed by atoms with Gasteiger partial charge in [-0.2, -0.15) is 0 Å². The molecule has 0 unspecified atom stereocenters. The highest BCUT2D eigenvalue weighted by Crippen LogP contribution is 2.44. The standard InChI is InChI=1S/C25H23N3O5S/c1-15-23(24(31)26-12-6-11-22(29)30)34-21(28-15)13-27-25(32)33-14-20-18-9-4-2-7-16(18)17-8-3-5-10-19(17)20/h2-11,20H,12-14H2,1H3,(H,26,31)(H,27,32)(H,29,30)/b11-6+. The van der Waals surface area contributed by atoms with Gasteiger partial charge in [0.1, 0.15) is 16.5 Å². The van der Waals surface area contributed by atoms with Gasteiger partial charge in [-0.15, -0.1) is 11.3 Å². The van der Waals surface area contributed by atoms with E-state index in [4.69, 9.17) is 9.84 Å². The van der Waals surface area contributed by atoms with Crippen LogP contribution >= 0.6 is 11.3 Å². The Morgan fingerprint density at radius 1 is 1.06 bits per heavy atom. The zero-order valence-electron chi connectivity index (χ0n) is 18.4. The molecule has 2 amide bonds. The molecule has 1 aliphatic rings. The minimum atomic E-state index is -1.08. The third kappa shape index (κ3) is 5.15. The summed E-state index contributed by atoms with van der Waals surface area (Å²) >= 11 is 1.16. The Balaban J connectivity index is 1.31. The van der Waals surface area contributed by atoms with Gasteiger partial charge in [-0.3, -0.25) is 4.79 Å². The summed E-state index contributed by atoms with van der Waals surface area (Å²) in [6.45, 7) is 2.15. The number of amides is 2. The minimum absolute atomic E-state index is 0.0225. The number of ether oxygens (including phenoxy) is 1. The first-order valence-corrected chi connectivity index (χ1v) is 11.5. The van der Waals surface area contributed by atoms with E-state index in [2.05, 4.69) is 39.9 Å². The van der Waals surface area contributed by atoms with Gasteiger partial charge in [-0.05, 0) is 29.2 Å². The molecule has 0 spiro atoms. The van der Waals surface area contributed by atoms with E-state index in [0.29, 0.717) is 15.6 Å². The van der Waals surface area contributed by atoms with Gasteiger partial charge in [0.2, 0.25) is 0 Å². The number of alkyl carbamates (subject to hydrolysis) is 1. The maximum atomic E-state index is 12.4. The number of aromatic nitrogens is 1. The van der Waals surface area contributed by atoms with Gasteiger partial charge >= 0.3 is 12.1 Å². The number of nitrogens with one attached hydrogen (secondary N) is 2. The maximum Gasteiger partial charge on any atom is 0.407 e. The van der Waals surface area contributed by atoms with E-state index in [0.717, 1.165) is 39.7 Å². The smallest absolute Gasteiger partial charge is 0.407 e. The summed E-state index contributed by atoms with van der Waals surface area (Å²) in [7, 11) is 0. The third-order valence-electron chi connectivity index (χ3n) is 5.42. The van der Waals surface area contributed by atoms with Gasteiger partial charge in [-0.25, -0.2) is 14.6 Å². The molecule has 174 valence electrons. The van der Waals surface area contributed by atoms with Crippen molar-refractivity contribution in [3.8, 4) is 11.1 Å². The van der Waals surface area contributed by atoms with Gasteiger partial charge < -0.3 is 20.5 Å². The molecule has 1 aromatic heterocycles. The Kier molecular flexibility index (Phi) is 7.03. The van der Waals surface area contributed by atoms with Crippen LogP contribution in [0.15, 0.2) is 60.7 Å². The molecule has 0 aliphatic heterocycles. The molecular weight excluding hydrogens is 454 g/mol. The van der Waals surface area contributed by atoms with E-state index in [1.807, 2.05) is 24.3 Å². The minimum Gasteiger partial charge on any atom is -0.478 e. The second-order valence-corrected chi connectivity index (χ2v) is 8.74. The Hall–Kier alpha value is -3.98. The van der Waals surface area contributed by atoms with Gasteiger partial charge in [0.05, 0.1) is 12.2 Å². The van der Waals surface area contributed by atoms with Crippen LogP contribution in [0.5, 0.6) is 0 Å². The Bertz CT molecular complexity index is 1220. The summed E-state index contributed by atoms with van der Waals surface area (Å²) in [5, 5.41) is 14.5. The molecule has 0 atom stereocenters. The molecule has 0 bridgehead atoms. The number of aliphatic carboxylic acids is 1. The zero-order chi connectivity index (χ0) is 24.1. The molecule has 4 rings (SSSR count). The number of carbonyl (C=O) groups excluding carboxylic acids is 2. The number of carboxylic acids is 1. The number of thiazole rings is 1. The van der Waals surface area contributed by atoms with Crippen LogP contribution in [-0.4, -0.2) is 41.2 Å². The summed E-state index contributed by atoms with van der Waals surface area (Å²) in [6, 6.07) is 16.3. The van der Waals surface area contributed by atoms with Crippen LogP contribution in [0.25, 0.3) is 11.1 Å². The van der Waals surface area contributed by atoms with Gasteiger partial charge in [0.15, 0.2) is 0 Å². The lowest BCUT2D eigenvalue weighted by Crippen LogP contribution is -2.25. The van der Waals surface area contributed by atoms with Crippen molar-refractivity contribution in [2.75, 3.05) is 13.2 Å². The number of hydrogen-bond donors (Lipinski definition) is 3. The Labute approximate surface area is 200 Å². The summed E-state index contributed by atoms with van der Waals surface area (Å²) < 4.78 is 5.52. The van der Waals surface area contributed by atoms with Crippen LogP contribution in [0.3, 0.4) is 0 Å². The van der Waals surface area contributed by atoms with Crippen molar-refractivity contribution in [1.82, 2.24) is 15.6 Å². The summed E-state index contributed by atoms with van der Waals surface area (Å²) in [5.41, 5.74) is 5.14. The van der Waals surface area contributed by atoms with Crippen molar-refractivity contribution >= 4 is 29.3 Å². The number of aryl methyl sites for hydroxylation is 1. The zero-order valence-corrected chi connectivity index (χ0v) is 19.2. The normalized spacial score (nSPS) is 12.3. The average molecular weight is 478 g/mol. The molecule has 34 heavy (non-hydrogen) atoms. The molecule has 1 heterocycles. The average Bonchev–Trinajstić information content (AvgIpc) is 3.36. The number of carbonyl (C=O) groups is 3. The molecule has 3 N–H and O–H groups in total. The highest BCUT2D eigenvalue weighted by Gasteiger charge is 2.29. The van der Waals surface area contributed by atoms with E-state index >= 15 is 0 Å². The second-order valence-electron chi connectivity index (χ2n) is 7.65. The lowest BCUT2D eigenvalue weighted by molar-refractivity contribution is -0.131. The largest absolute Gasteiger partial charge is 0.478 e.